The van der Waals surface area contributed by atoms with E-state index < -0.39 is 0 Å². The van der Waals surface area contributed by atoms with Crippen molar-refractivity contribution >= 4 is 0 Å². The lowest BCUT2D eigenvalue weighted by atomic mass is 10.5. The molecule has 0 aliphatic carbocycles. The van der Waals surface area contributed by atoms with E-state index in [4.69, 9.17) is 0 Å². The molecule has 0 aromatic carbocycles. The van der Waals surface area contributed by atoms with Gasteiger partial charge in [-0.25, -0.2) is 4.98 Å². The number of hydrogen-bond acceptors (Lipinski definition) is 2. The number of aryl methyl sites for hydroxylation is 1. The first-order chi connectivity index (χ1) is 6.77. The van der Waals surface area contributed by atoms with E-state index in [0.29, 0.717) is 0 Å². The Balaban J connectivity index is 2.58. The second kappa shape index (κ2) is 5.40. The molecule has 3 heteroatoms. The first-order valence-corrected chi connectivity index (χ1v) is 4.69. The summed E-state index contributed by atoms with van der Waals surface area (Å²) in [5.74, 6) is 1.03. The summed E-state index contributed by atoms with van der Waals surface area (Å²) < 4.78 is 2.10. The third-order valence-corrected chi connectivity index (χ3v) is 2.05. The van der Waals surface area contributed by atoms with Gasteiger partial charge >= 0.3 is 0 Å². The van der Waals surface area contributed by atoms with Gasteiger partial charge in [0.1, 0.15) is 5.82 Å². The van der Waals surface area contributed by atoms with E-state index in [1.807, 2.05) is 31.5 Å². The van der Waals surface area contributed by atoms with Gasteiger partial charge in [0.05, 0.1) is 6.67 Å². The molecule has 1 aromatic rings. The molecule has 0 aliphatic rings. The Hall–Kier alpha value is -1.35. The summed E-state index contributed by atoms with van der Waals surface area (Å²) in [7, 11) is 0. The zero-order valence-corrected chi connectivity index (χ0v) is 8.69. The average molecular weight is 191 g/mol. The van der Waals surface area contributed by atoms with E-state index in [0.717, 1.165) is 25.6 Å². The summed E-state index contributed by atoms with van der Waals surface area (Å²) in [5, 5.41) is 0. The van der Waals surface area contributed by atoms with Crippen LogP contribution in [0, 0.1) is 6.92 Å². The number of rotatable bonds is 6. The lowest BCUT2D eigenvalue weighted by Gasteiger charge is -2.19. The van der Waals surface area contributed by atoms with Crippen molar-refractivity contribution in [2.75, 3.05) is 13.1 Å². The molecule has 1 rings (SSSR count). The van der Waals surface area contributed by atoms with Crippen LogP contribution in [-0.4, -0.2) is 27.5 Å². The van der Waals surface area contributed by atoms with Crippen molar-refractivity contribution in [3.63, 3.8) is 0 Å². The highest BCUT2D eigenvalue weighted by Crippen LogP contribution is 1.99. The Bertz CT molecular complexity index is 291. The largest absolute Gasteiger partial charge is 0.322 e. The maximum Gasteiger partial charge on any atom is 0.106 e. The van der Waals surface area contributed by atoms with E-state index in [9.17, 15) is 0 Å². The van der Waals surface area contributed by atoms with Gasteiger partial charge in [0, 0.05) is 25.5 Å². The Labute approximate surface area is 85.4 Å². The Kier molecular flexibility index (Phi) is 4.13. The minimum Gasteiger partial charge on any atom is -0.322 e. The van der Waals surface area contributed by atoms with Crippen LogP contribution in [0.15, 0.2) is 37.7 Å². The van der Waals surface area contributed by atoms with Crippen molar-refractivity contribution in [2.45, 2.75) is 13.6 Å². The van der Waals surface area contributed by atoms with Gasteiger partial charge in [-0.05, 0) is 6.92 Å². The Morgan fingerprint density at radius 1 is 1.43 bits per heavy atom. The maximum atomic E-state index is 4.17. The molecule has 3 nitrogen and oxygen atoms in total. The lowest BCUT2D eigenvalue weighted by Crippen LogP contribution is -2.26. The second-order valence-corrected chi connectivity index (χ2v) is 3.20. The molecule has 0 saturated carbocycles. The zero-order chi connectivity index (χ0) is 10.4. The molecule has 0 saturated heterocycles. The molecule has 0 fully saturated rings. The molecule has 0 amide bonds. The minimum atomic E-state index is 0.837. The van der Waals surface area contributed by atoms with Crippen LogP contribution >= 0.6 is 0 Å². The number of nitrogens with zero attached hydrogens (tertiary/aromatic N) is 3. The molecular weight excluding hydrogens is 174 g/mol. The van der Waals surface area contributed by atoms with E-state index in [1.165, 1.54) is 0 Å². The third-order valence-electron chi connectivity index (χ3n) is 2.05. The van der Waals surface area contributed by atoms with Gasteiger partial charge in [-0.2, -0.15) is 0 Å². The molecule has 0 radical (unpaired) electrons. The van der Waals surface area contributed by atoms with Gasteiger partial charge in [-0.15, -0.1) is 13.2 Å². The molecule has 0 aliphatic heterocycles. The van der Waals surface area contributed by atoms with Gasteiger partial charge < -0.3 is 4.57 Å². The van der Waals surface area contributed by atoms with Crippen LogP contribution in [0.25, 0.3) is 0 Å². The minimum absolute atomic E-state index is 0.837. The molecule has 0 atom stereocenters. The van der Waals surface area contributed by atoms with E-state index in [-0.39, 0.29) is 0 Å². The standard InChI is InChI=1S/C11H17N3/c1-4-7-13(8-5-2)10-14-9-6-12-11(14)3/h4-6,9H,1-2,7-8,10H2,3H3. The monoisotopic (exact) mass is 191 g/mol. The summed E-state index contributed by atoms with van der Waals surface area (Å²) in [5.41, 5.74) is 0. The fraction of sp³-hybridized carbons (Fsp3) is 0.364. The normalized spacial score (nSPS) is 10.4. The molecule has 14 heavy (non-hydrogen) atoms. The van der Waals surface area contributed by atoms with E-state index >= 15 is 0 Å². The number of aromatic nitrogens is 2. The molecule has 0 N–H and O–H groups in total. The van der Waals surface area contributed by atoms with Crippen molar-refractivity contribution in [3.05, 3.63) is 43.5 Å². The first-order valence-electron chi connectivity index (χ1n) is 4.69. The topological polar surface area (TPSA) is 21.1 Å². The highest BCUT2D eigenvalue weighted by atomic mass is 15.3. The van der Waals surface area contributed by atoms with Crippen LogP contribution in [0.3, 0.4) is 0 Å². The molecule has 1 aromatic heterocycles. The van der Waals surface area contributed by atoms with Crippen LogP contribution in [0.5, 0.6) is 0 Å². The van der Waals surface area contributed by atoms with Gasteiger partial charge in [-0.1, -0.05) is 12.2 Å². The Morgan fingerprint density at radius 3 is 2.50 bits per heavy atom. The fourth-order valence-corrected chi connectivity index (χ4v) is 1.32. The van der Waals surface area contributed by atoms with Crippen molar-refractivity contribution in [3.8, 4) is 0 Å². The van der Waals surface area contributed by atoms with Gasteiger partial charge in [0.25, 0.3) is 0 Å². The van der Waals surface area contributed by atoms with Crippen LogP contribution in [0.1, 0.15) is 5.82 Å². The SMILES string of the molecule is C=CCN(CC=C)Cn1ccnc1C. The summed E-state index contributed by atoms with van der Waals surface area (Å²) in [4.78, 5) is 6.41. The summed E-state index contributed by atoms with van der Waals surface area (Å²) in [6.45, 7) is 12.0. The van der Waals surface area contributed by atoms with Crippen molar-refractivity contribution in [1.82, 2.24) is 14.5 Å². The van der Waals surface area contributed by atoms with Crippen LogP contribution < -0.4 is 0 Å². The van der Waals surface area contributed by atoms with Crippen molar-refractivity contribution in [1.29, 1.82) is 0 Å². The molecule has 1 heterocycles. The average Bonchev–Trinajstić information content (AvgIpc) is 2.53. The highest BCUT2D eigenvalue weighted by molar-refractivity contribution is 4.89. The third kappa shape index (κ3) is 2.85. The first kappa shape index (κ1) is 10.7. The van der Waals surface area contributed by atoms with E-state index in [2.05, 4.69) is 27.6 Å². The second-order valence-electron chi connectivity index (χ2n) is 3.20. The van der Waals surface area contributed by atoms with Crippen molar-refractivity contribution in [2.24, 2.45) is 0 Å². The summed E-state index contributed by atoms with van der Waals surface area (Å²) >= 11 is 0. The summed E-state index contributed by atoms with van der Waals surface area (Å²) in [6.07, 6.45) is 7.59. The van der Waals surface area contributed by atoms with E-state index in [1.54, 1.807) is 0 Å². The molecule has 0 unspecified atom stereocenters. The Morgan fingerprint density at radius 2 is 2.07 bits per heavy atom. The molecule has 0 bridgehead atoms. The van der Waals surface area contributed by atoms with Gasteiger partial charge in [-0.3, -0.25) is 4.90 Å². The molecule has 76 valence electrons. The number of hydrogen-bond donors (Lipinski definition) is 0. The molecular formula is C11H17N3. The summed E-state index contributed by atoms with van der Waals surface area (Å²) in [6, 6.07) is 0. The zero-order valence-electron chi connectivity index (χ0n) is 8.69. The predicted molar refractivity (Wildman–Crippen MR) is 58.9 cm³/mol. The highest BCUT2D eigenvalue weighted by Gasteiger charge is 2.02. The fourth-order valence-electron chi connectivity index (χ4n) is 1.32. The lowest BCUT2D eigenvalue weighted by molar-refractivity contribution is 0.265. The molecule has 0 spiro atoms. The van der Waals surface area contributed by atoms with Crippen LogP contribution in [-0.2, 0) is 6.67 Å². The predicted octanol–water partition coefficient (Wildman–Crippen LogP) is 1.82. The van der Waals surface area contributed by atoms with Crippen molar-refractivity contribution < 1.29 is 0 Å². The van der Waals surface area contributed by atoms with Gasteiger partial charge in [0.15, 0.2) is 0 Å². The van der Waals surface area contributed by atoms with Crippen LogP contribution in [0.4, 0.5) is 0 Å². The van der Waals surface area contributed by atoms with Gasteiger partial charge in [0.2, 0.25) is 0 Å². The smallest absolute Gasteiger partial charge is 0.106 e. The maximum absolute atomic E-state index is 4.17. The van der Waals surface area contributed by atoms with Crippen LogP contribution in [0.2, 0.25) is 0 Å². The number of imidazole rings is 1. The quantitative estimate of drug-likeness (QED) is 0.640.